The molecule has 4 nitrogen and oxygen atoms in total. The number of phenols is 1. The molecule has 0 atom stereocenters. The van der Waals surface area contributed by atoms with Crippen molar-refractivity contribution >= 4 is 17.7 Å². The van der Waals surface area contributed by atoms with Crippen LogP contribution in [0, 0.1) is 0 Å². The number of esters is 1. The third-order valence-electron chi connectivity index (χ3n) is 2.78. The van der Waals surface area contributed by atoms with E-state index in [0.29, 0.717) is 17.1 Å². The number of hydrogen-bond acceptors (Lipinski definition) is 5. The lowest BCUT2D eigenvalue weighted by atomic mass is 10.2. The number of ether oxygens (including phenoxy) is 2. The Labute approximate surface area is 133 Å². The van der Waals surface area contributed by atoms with Crippen molar-refractivity contribution in [3.8, 4) is 17.2 Å². The number of rotatable bonds is 5. The fourth-order valence-electron chi connectivity index (χ4n) is 1.76. The Kier molecular flexibility index (Phi) is 5.49. The monoisotopic (exact) mass is 316 g/mol. The van der Waals surface area contributed by atoms with Crippen LogP contribution in [0.2, 0.25) is 0 Å². The van der Waals surface area contributed by atoms with Gasteiger partial charge in [-0.15, -0.1) is 0 Å². The van der Waals surface area contributed by atoms with Gasteiger partial charge in [0.05, 0.1) is 12.0 Å². The molecule has 0 radical (unpaired) electrons. The number of thioether (sulfide) groups is 1. The van der Waals surface area contributed by atoms with Gasteiger partial charge in [0.15, 0.2) is 0 Å². The van der Waals surface area contributed by atoms with Crippen LogP contribution < -0.4 is 4.74 Å². The summed E-state index contributed by atoms with van der Waals surface area (Å²) in [5.41, 5.74) is 0.330. The van der Waals surface area contributed by atoms with Crippen LogP contribution in [0.5, 0.6) is 17.2 Å². The summed E-state index contributed by atoms with van der Waals surface area (Å²) < 4.78 is 10.4. The molecule has 0 aliphatic carbocycles. The number of aromatic hydroxyl groups is 1. The molecule has 2 rings (SSSR count). The van der Waals surface area contributed by atoms with E-state index in [2.05, 4.69) is 0 Å². The number of hydrogen-bond donors (Lipinski definition) is 1. The molecule has 0 amide bonds. The molecule has 1 N–H and O–H groups in total. The number of allylic oxidation sites excluding steroid dienone is 1. The first-order valence-electron chi connectivity index (χ1n) is 6.61. The minimum atomic E-state index is -0.472. The summed E-state index contributed by atoms with van der Waals surface area (Å²) in [6, 6.07) is 11.8. The van der Waals surface area contributed by atoms with Crippen LogP contribution >= 0.6 is 11.8 Å². The minimum Gasteiger partial charge on any atom is -0.507 e. The maximum absolute atomic E-state index is 11.7. The lowest BCUT2D eigenvalue weighted by molar-refractivity contribution is 0.0598. The normalized spacial score (nSPS) is 10.6. The van der Waals surface area contributed by atoms with Crippen LogP contribution in [0.25, 0.3) is 0 Å². The zero-order valence-electron chi connectivity index (χ0n) is 12.3. The Morgan fingerprint density at radius 3 is 2.68 bits per heavy atom. The van der Waals surface area contributed by atoms with Gasteiger partial charge >= 0.3 is 5.97 Å². The van der Waals surface area contributed by atoms with E-state index >= 15 is 0 Å². The van der Waals surface area contributed by atoms with Gasteiger partial charge in [-0.1, -0.05) is 30.0 Å². The smallest absolute Gasteiger partial charge is 0.341 e. The summed E-state index contributed by atoms with van der Waals surface area (Å²) in [6.07, 6.45) is 1.89. The molecule has 0 aromatic heterocycles. The van der Waals surface area contributed by atoms with Gasteiger partial charge in [-0.2, -0.15) is 0 Å². The van der Waals surface area contributed by atoms with E-state index in [4.69, 9.17) is 9.47 Å². The largest absolute Gasteiger partial charge is 0.507 e. The van der Waals surface area contributed by atoms with Crippen LogP contribution in [-0.2, 0) is 4.74 Å². The average Bonchev–Trinajstić information content (AvgIpc) is 2.54. The molecule has 0 aliphatic heterocycles. The maximum atomic E-state index is 11.7. The lowest BCUT2D eigenvalue weighted by Crippen LogP contribution is -2.03. The number of carbonyl (C=O) groups excluding carboxylic acids is 1. The molecule has 5 heteroatoms. The van der Waals surface area contributed by atoms with Gasteiger partial charge in [-0.3, -0.25) is 0 Å². The predicted octanol–water partition coefficient (Wildman–Crippen LogP) is 4.60. The van der Waals surface area contributed by atoms with Crippen molar-refractivity contribution in [2.24, 2.45) is 0 Å². The molecule has 0 saturated heterocycles. The standard InChI is InChI=1S/C17H16O4S/c1-3-10-22-16-9-8-12(11-14(16)18)21-15-7-5-4-6-13(15)17(19)20-2/h3-11,18H,1-2H3/b10-3+. The van der Waals surface area contributed by atoms with Gasteiger partial charge < -0.3 is 14.6 Å². The summed E-state index contributed by atoms with van der Waals surface area (Å²) in [7, 11) is 1.32. The molecule has 0 fully saturated rings. The Morgan fingerprint density at radius 1 is 1.23 bits per heavy atom. The fourth-order valence-corrected chi connectivity index (χ4v) is 2.37. The van der Waals surface area contributed by atoms with Crippen molar-refractivity contribution in [3.05, 3.63) is 59.5 Å². The molecule has 0 heterocycles. The van der Waals surface area contributed by atoms with Crippen LogP contribution in [0.4, 0.5) is 0 Å². The number of benzene rings is 2. The Hall–Kier alpha value is -2.40. The minimum absolute atomic E-state index is 0.121. The highest BCUT2D eigenvalue weighted by molar-refractivity contribution is 8.02. The zero-order valence-corrected chi connectivity index (χ0v) is 13.1. The Balaban J connectivity index is 2.25. The molecule has 0 unspecified atom stereocenters. The molecule has 2 aromatic rings. The lowest BCUT2D eigenvalue weighted by Gasteiger charge is -2.11. The molecule has 0 bridgehead atoms. The molecule has 114 valence electrons. The topological polar surface area (TPSA) is 55.8 Å². The molecular weight excluding hydrogens is 300 g/mol. The van der Waals surface area contributed by atoms with Gasteiger partial charge in [0, 0.05) is 6.07 Å². The molecular formula is C17H16O4S. The summed E-state index contributed by atoms with van der Waals surface area (Å²) in [5.74, 6) is 0.470. The SMILES string of the molecule is C/C=C/Sc1ccc(Oc2ccccc2C(=O)OC)cc1O. The van der Waals surface area contributed by atoms with E-state index in [0.717, 1.165) is 4.90 Å². The van der Waals surface area contributed by atoms with Gasteiger partial charge in [-0.25, -0.2) is 4.79 Å². The van der Waals surface area contributed by atoms with Gasteiger partial charge in [0.1, 0.15) is 22.8 Å². The van der Waals surface area contributed by atoms with Crippen molar-refractivity contribution in [3.63, 3.8) is 0 Å². The molecule has 0 aliphatic rings. The first-order chi connectivity index (χ1) is 10.7. The van der Waals surface area contributed by atoms with Crippen molar-refractivity contribution in [2.45, 2.75) is 11.8 Å². The number of carbonyl (C=O) groups is 1. The van der Waals surface area contributed by atoms with Crippen LogP contribution in [0.1, 0.15) is 17.3 Å². The molecule has 2 aromatic carbocycles. The summed E-state index contributed by atoms with van der Waals surface area (Å²) in [5, 5.41) is 11.9. The second-order valence-electron chi connectivity index (χ2n) is 4.31. The second kappa shape index (κ2) is 7.56. The third-order valence-corrected chi connectivity index (χ3v) is 3.79. The number of phenolic OH excluding ortho intramolecular Hbond substituents is 1. The fraction of sp³-hybridized carbons (Fsp3) is 0.118. The van der Waals surface area contributed by atoms with Gasteiger partial charge in [0.2, 0.25) is 0 Å². The van der Waals surface area contributed by atoms with E-state index in [1.807, 2.05) is 18.4 Å². The van der Waals surface area contributed by atoms with E-state index < -0.39 is 5.97 Å². The van der Waals surface area contributed by atoms with E-state index in [-0.39, 0.29) is 5.75 Å². The van der Waals surface area contributed by atoms with E-state index in [1.54, 1.807) is 36.4 Å². The highest BCUT2D eigenvalue weighted by Crippen LogP contribution is 2.34. The number of methoxy groups -OCH3 is 1. The summed E-state index contributed by atoms with van der Waals surface area (Å²) in [6.45, 7) is 1.91. The maximum Gasteiger partial charge on any atom is 0.341 e. The van der Waals surface area contributed by atoms with Crippen molar-refractivity contribution in [1.82, 2.24) is 0 Å². The van der Waals surface area contributed by atoms with Gasteiger partial charge in [-0.05, 0) is 36.6 Å². The quantitative estimate of drug-likeness (QED) is 0.645. The predicted molar refractivity (Wildman–Crippen MR) is 86.6 cm³/mol. The van der Waals surface area contributed by atoms with E-state index in [1.165, 1.54) is 24.9 Å². The molecule has 0 saturated carbocycles. The first kappa shape index (κ1) is 16.0. The Bertz CT molecular complexity index is 695. The number of para-hydroxylation sites is 1. The van der Waals surface area contributed by atoms with Crippen molar-refractivity contribution in [1.29, 1.82) is 0 Å². The van der Waals surface area contributed by atoms with Crippen molar-refractivity contribution in [2.75, 3.05) is 7.11 Å². The molecule has 22 heavy (non-hydrogen) atoms. The average molecular weight is 316 g/mol. The summed E-state index contributed by atoms with van der Waals surface area (Å²) in [4.78, 5) is 12.4. The van der Waals surface area contributed by atoms with Crippen LogP contribution in [0.15, 0.2) is 58.8 Å². The second-order valence-corrected chi connectivity index (χ2v) is 5.25. The Morgan fingerprint density at radius 2 is 2.00 bits per heavy atom. The highest BCUT2D eigenvalue weighted by Gasteiger charge is 2.13. The summed E-state index contributed by atoms with van der Waals surface area (Å²) >= 11 is 1.41. The van der Waals surface area contributed by atoms with E-state index in [9.17, 15) is 9.90 Å². The van der Waals surface area contributed by atoms with Gasteiger partial charge in [0.25, 0.3) is 0 Å². The van der Waals surface area contributed by atoms with Crippen molar-refractivity contribution < 1.29 is 19.4 Å². The first-order valence-corrected chi connectivity index (χ1v) is 7.49. The third kappa shape index (κ3) is 3.83. The zero-order chi connectivity index (χ0) is 15.9. The highest BCUT2D eigenvalue weighted by atomic mass is 32.2. The van der Waals surface area contributed by atoms with Crippen LogP contribution in [0.3, 0.4) is 0 Å². The van der Waals surface area contributed by atoms with Crippen LogP contribution in [-0.4, -0.2) is 18.2 Å². The molecule has 0 spiro atoms.